The topological polar surface area (TPSA) is 24.5 Å². The van der Waals surface area contributed by atoms with Crippen molar-refractivity contribution >= 4 is 23.0 Å². The molecule has 1 heterocycles. The summed E-state index contributed by atoms with van der Waals surface area (Å²) in [4.78, 5) is 2.28. The molecule has 1 aliphatic rings. The highest BCUT2D eigenvalue weighted by Crippen LogP contribution is 2.22. The fourth-order valence-corrected chi connectivity index (χ4v) is 2.97. The van der Waals surface area contributed by atoms with E-state index in [1.54, 1.807) is 7.11 Å². The van der Waals surface area contributed by atoms with Crippen LogP contribution in [0.2, 0.25) is 0 Å². The molecule has 0 radical (unpaired) electrons. The molecule has 1 aromatic carbocycles. The minimum atomic E-state index is 0.708. The zero-order chi connectivity index (χ0) is 13.8. The number of piperidine rings is 1. The van der Waals surface area contributed by atoms with E-state index in [9.17, 15) is 0 Å². The first-order valence-corrected chi connectivity index (χ1v) is 7.19. The van der Waals surface area contributed by atoms with Gasteiger partial charge in [-0.2, -0.15) is 0 Å². The summed E-state index contributed by atoms with van der Waals surface area (Å²) in [6.45, 7) is 6.68. The number of rotatable bonds is 2. The number of nitrogens with zero attached hydrogens (tertiary/aromatic N) is 1. The van der Waals surface area contributed by atoms with Crippen molar-refractivity contribution in [2.45, 2.75) is 20.3 Å². The van der Waals surface area contributed by atoms with Crippen molar-refractivity contribution in [2.75, 3.05) is 25.5 Å². The number of likely N-dealkylation sites (tertiary alicyclic amines) is 1. The van der Waals surface area contributed by atoms with Crippen molar-refractivity contribution in [1.82, 2.24) is 4.90 Å². The van der Waals surface area contributed by atoms with Crippen LogP contribution in [0.1, 0.15) is 20.3 Å². The maximum Gasteiger partial charge on any atom is 0.173 e. The Hall–Kier alpha value is -1.29. The smallest absolute Gasteiger partial charge is 0.173 e. The highest BCUT2D eigenvalue weighted by atomic mass is 32.1. The largest absolute Gasteiger partial charge is 0.497 e. The van der Waals surface area contributed by atoms with E-state index in [-0.39, 0.29) is 0 Å². The Morgan fingerprint density at radius 3 is 2.32 bits per heavy atom. The fourth-order valence-electron chi connectivity index (χ4n) is 2.71. The van der Waals surface area contributed by atoms with Gasteiger partial charge in [-0.3, -0.25) is 0 Å². The number of nitrogens with one attached hydrogen (secondary N) is 1. The predicted molar refractivity (Wildman–Crippen MR) is 83.7 cm³/mol. The molecule has 2 atom stereocenters. The highest BCUT2D eigenvalue weighted by Gasteiger charge is 2.23. The third-order valence-electron chi connectivity index (χ3n) is 3.50. The average Bonchev–Trinajstić information content (AvgIpc) is 2.38. The first-order chi connectivity index (χ1) is 9.08. The lowest BCUT2D eigenvalue weighted by molar-refractivity contribution is 0.216. The normalized spacial score (nSPS) is 23.0. The van der Waals surface area contributed by atoms with Crippen molar-refractivity contribution in [3.63, 3.8) is 0 Å². The van der Waals surface area contributed by atoms with Crippen molar-refractivity contribution in [1.29, 1.82) is 0 Å². The summed E-state index contributed by atoms with van der Waals surface area (Å²) in [5, 5.41) is 4.13. The molecule has 2 rings (SSSR count). The molecule has 0 amide bonds. The number of benzene rings is 1. The molecule has 0 aromatic heterocycles. The highest BCUT2D eigenvalue weighted by molar-refractivity contribution is 7.80. The zero-order valence-electron chi connectivity index (χ0n) is 11.8. The Balaban J connectivity index is 1.96. The number of methoxy groups -OCH3 is 1. The number of ether oxygens (including phenoxy) is 1. The van der Waals surface area contributed by atoms with E-state index in [0.29, 0.717) is 11.8 Å². The summed E-state index contributed by atoms with van der Waals surface area (Å²) in [5.74, 6) is 2.27. The Morgan fingerprint density at radius 1 is 1.21 bits per heavy atom. The monoisotopic (exact) mass is 278 g/mol. The third-order valence-corrected chi connectivity index (χ3v) is 3.86. The lowest BCUT2D eigenvalue weighted by Crippen LogP contribution is -2.44. The Morgan fingerprint density at radius 2 is 1.79 bits per heavy atom. The van der Waals surface area contributed by atoms with Gasteiger partial charge in [-0.05, 0) is 54.7 Å². The van der Waals surface area contributed by atoms with Crippen LogP contribution < -0.4 is 10.1 Å². The molecule has 1 saturated heterocycles. The zero-order valence-corrected chi connectivity index (χ0v) is 12.7. The fraction of sp³-hybridized carbons (Fsp3) is 0.533. The molecule has 0 unspecified atom stereocenters. The minimum absolute atomic E-state index is 0.708. The van der Waals surface area contributed by atoms with E-state index in [1.807, 2.05) is 24.3 Å². The molecule has 1 aromatic rings. The van der Waals surface area contributed by atoms with Crippen LogP contribution in [0, 0.1) is 11.8 Å². The molecule has 0 aliphatic carbocycles. The van der Waals surface area contributed by atoms with E-state index in [2.05, 4.69) is 24.1 Å². The maximum atomic E-state index is 5.51. The summed E-state index contributed by atoms with van der Waals surface area (Å²) in [6.07, 6.45) is 1.29. The molecule has 4 heteroatoms. The first-order valence-electron chi connectivity index (χ1n) is 6.78. The summed E-state index contributed by atoms with van der Waals surface area (Å²) >= 11 is 5.51. The second-order valence-electron chi connectivity index (χ2n) is 5.51. The molecular weight excluding hydrogens is 256 g/mol. The summed E-state index contributed by atoms with van der Waals surface area (Å²) in [6, 6.07) is 7.85. The summed E-state index contributed by atoms with van der Waals surface area (Å²) < 4.78 is 5.15. The molecule has 1 fully saturated rings. The van der Waals surface area contributed by atoms with Crippen LogP contribution in [0.3, 0.4) is 0 Å². The SMILES string of the molecule is COc1ccc(NC(=S)N2C[C@H](C)C[C@H](C)C2)cc1. The van der Waals surface area contributed by atoms with Gasteiger partial charge in [0.1, 0.15) is 5.75 Å². The molecule has 0 spiro atoms. The molecule has 3 nitrogen and oxygen atoms in total. The van der Waals surface area contributed by atoms with Crippen molar-refractivity contribution < 1.29 is 4.74 Å². The summed E-state index contributed by atoms with van der Waals surface area (Å²) in [7, 11) is 1.67. The van der Waals surface area contributed by atoms with Crippen LogP contribution in [0.5, 0.6) is 5.75 Å². The van der Waals surface area contributed by atoms with Gasteiger partial charge in [0.2, 0.25) is 0 Å². The first kappa shape index (κ1) is 14.1. The number of hydrogen-bond donors (Lipinski definition) is 1. The lowest BCUT2D eigenvalue weighted by Gasteiger charge is -2.36. The van der Waals surface area contributed by atoms with Gasteiger partial charge in [0.05, 0.1) is 7.11 Å². The Bertz CT molecular complexity index is 422. The minimum Gasteiger partial charge on any atom is -0.497 e. The average molecular weight is 278 g/mol. The van der Waals surface area contributed by atoms with Crippen molar-refractivity contribution in [3.8, 4) is 5.75 Å². The van der Waals surface area contributed by atoms with Gasteiger partial charge < -0.3 is 15.0 Å². The van der Waals surface area contributed by atoms with E-state index >= 15 is 0 Å². The third kappa shape index (κ3) is 3.83. The van der Waals surface area contributed by atoms with Gasteiger partial charge in [0, 0.05) is 18.8 Å². The van der Waals surface area contributed by atoms with Crippen molar-refractivity contribution in [3.05, 3.63) is 24.3 Å². The summed E-state index contributed by atoms with van der Waals surface area (Å²) in [5.41, 5.74) is 1.01. The molecule has 19 heavy (non-hydrogen) atoms. The van der Waals surface area contributed by atoms with Crippen LogP contribution in [0.15, 0.2) is 24.3 Å². The van der Waals surface area contributed by atoms with Gasteiger partial charge >= 0.3 is 0 Å². The van der Waals surface area contributed by atoms with Crippen LogP contribution in [-0.4, -0.2) is 30.2 Å². The van der Waals surface area contributed by atoms with Gasteiger partial charge in [0.25, 0.3) is 0 Å². The number of anilines is 1. The van der Waals surface area contributed by atoms with E-state index < -0.39 is 0 Å². The number of hydrogen-bond acceptors (Lipinski definition) is 2. The maximum absolute atomic E-state index is 5.51. The second kappa shape index (κ2) is 6.24. The predicted octanol–water partition coefficient (Wildman–Crippen LogP) is 3.37. The van der Waals surface area contributed by atoms with E-state index in [1.165, 1.54) is 6.42 Å². The van der Waals surface area contributed by atoms with Gasteiger partial charge in [-0.15, -0.1) is 0 Å². The Kier molecular flexibility index (Phi) is 4.64. The molecular formula is C15H22N2OS. The van der Waals surface area contributed by atoms with E-state index in [4.69, 9.17) is 17.0 Å². The molecule has 0 bridgehead atoms. The van der Waals surface area contributed by atoms with Gasteiger partial charge in [0.15, 0.2) is 5.11 Å². The standard InChI is InChI=1S/C15H22N2OS/c1-11-8-12(2)10-17(9-11)15(19)16-13-4-6-14(18-3)7-5-13/h4-7,11-12H,8-10H2,1-3H3,(H,16,19)/t11-,12+. The Labute approximate surface area is 120 Å². The van der Waals surface area contributed by atoms with Crippen LogP contribution >= 0.6 is 12.2 Å². The molecule has 0 saturated carbocycles. The van der Waals surface area contributed by atoms with Crippen LogP contribution in [0.25, 0.3) is 0 Å². The van der Waals surface area contributed by atoms with E-state index in [0.717, 1.165) is 29.6 Å². The second-order valence-corrected chi connectivity index (χ2v) is 5.90. The van der Waals surface area contributed by atoms with Gasteiger partial charge in [-0.25, -0.2) is 0 Å². The van der Waals surface area contributed by atoms with Crippen LogP contribution in [-0.2, 0) is 0 Å². The molecule has 1 N–H and O–H groups in total. The number of thiocarbonyl (C=S) groups is 1. The lowest BCUT2D eigenvalue weighted by atomic mass is 9.92. The quantitative estimate of drug-likeness (QED) is 0.838. The molecule has 1 aliphatic heterocycles. The molecule has 104 valence electrons. The van der Waals surface area contributed by atoms with Crippen molar-refractivity contribution in [2.24, 2.45) is 11.8 Å². The van der Waals surface area contributed by atoms with Crippen LogP contribution in [0.4, 0.5) is 5.69 Å². The van der Waals surface area contributed by atoms with Gasteiger partial charge in [-0.1, -0.05) is 13.8 Å².